The summed E-state index contributed by atoms with van der Waals surface area (Å²) in [5, 5.41) is -0.164. The monoisotopic (exact) mass is 394 g/mol. The first-order valence-electron chi connectivity index (χ1n) is 8.24. The number of ether oxygens (including phenoxy) is 3. The Morgan fingerprint density at radius 3 is 1.69 bits per heavy atom. The summed E-state index contributed by atoms with van der Waals surface area (Å²) in [6.07, 6.45) is -1.38. The molecule has 8 nitrogen and oxygen atoms in total. The van der Waals surface area contributed by atoms with Crippen molar-refractivity contribution in [1.29, 1.82) is 0 Å². The van der Waals surface area contributed by atoms with Gasteiger partial charge in [0.1, 0.15) is 11.2 Å². The molecule has 1 saturated heterocycles. The minimum Gasteiger partial charge on any atom is -0.467 e. The van der Waals surface area contributed by atoms with Crippen molar-refractivity contribution >= 4 is 24.8 Å². The van der Waals surface area contributed by atoms with E-state index < -0.39 is 42.4 Å². The Morgan fingerprint density at radius 2 is 1.38 bits per heavy atom. The third-order valence-electron chi connectivity index (χ3n) is 4.13. The second kappa shape index (κ2) is 7.60. The molecule has 0 aromatic rings. The van der Waals surface area contributed by atoms with E-state index >= 15 is 0 Å². The predicted molar refractivity (Wildman–Crippen MR) is 97.9 cm³/mol. The van der Waals surface area contributed by atoms with E-state index in [9.17, 15) is 9.59 Å². The predicted octanol–water partition coefficient (Wildman–Crippen LogP) is 2.70. The topological polar surface area (TPSA) is 89.5 Å². The van der Waals surface area contributed by atoms with Crippen LogP contribution < -0.4 is 0 Å². The summed E-state index contributed by atoms with van der Waals surface area (Å²) in [5.41, 5.74) is -2.35. The Bertz CT molecular complexity index is 595. The SMILES string of the molecule is COC(=O)C(C(OC)C(=O)OC)=P1(OC(C)(C)C)OC(C)(C)C(C)(C)O1. The number of esters is 2. The smallest absolute Gasteiger partial charge is 0.344 e. The average molecular weight is 394 g/mol. The second-order valence-electron chi connectivity index (χ2n) is 7.92. The summed E-state index contributed by atoms with van der Waals surface area (Å²) in [6, 6.07) is 0. The summed E-state index contributed by atoms with van der Waals surface area (Å²) in [4.78, 5) is 24.9. The first-order valence-corrected chi connectivity index (χ1v) is 9.78. The lowest BCUT2D eigenvalue weighted by Crippen LogP contribution is -2.41. The summed E-state index contributed by atoms with van der Waals surface area (Å²) >= 11 is 0. The lowest BCUT2D eigenvalue weighted by atomic mass is 9.90. The zero-order valence-corrected chi connectivity index (χ0v) is 18.2. The summed E-state index contributed by atoms with van der Waals surface area (Å²) in [6.45, 7) is 12.7. The molecule has 0 saturated carbocycles. The van der Waals surface area contributed by atoms with Crippen molar-refractivity contribution in [3.63, 3.8) is 0 Å². The van der Waals surface area contributed by atoms with Crippen LogP contribution in [0.2, 0.25) is 0 Å². The minimum atomic E-state index is -3.52. The van der Waals surface area contributed by atoms with Gasteiger partial charge in [0, 0.05) is 7.11 Å². The van der Waals surface area contributed by atoms with Crippen LogP contribution in [-0.2, 0) is 37.4 Å². The highest BCUT2D eigenvalue weighted by molar-refractivity contribution is 7.65. The van der Waals surface area contributed by atoms with Crippen LogP contribution in [-0.4, -0.2) is 61.5 Å². The van der Waals surface area contributed by atoms with Gasteiger partial charge in [-0.05, 0) is 48.5 Å². The summed E-state index contributed by atoms with van der Waals surface area (Å²) in [7, 11) is 0.163. The molecule has 1 fully saturated rings. The van der Waals surface area contributed by atoms with E-state index in [4.69, 9.17) is 27.8 Å². The quantitative estimate of drug-likeness (QED) is 0.519. The molecule has 0 radical (unpaired) electrons. The van der Waals surface area contributed by atoms with Gasteiger partial charge in [0.2, 0.25) is 0 Å². The van der Waals surface area contributed by atoms with E-state index in [-0.39, 0.29) is 5.29 Å². The number of hydrogen-bond acceptors (Lipinski definition) is 8. The molecule has 1 unspecified atom stereocenters. The van der Waals surface area contributed by atoms with Gasteiger partial charge >= 0.3 is 11.9 Å². The van der Waals surface area contributed by atoms with E-state index in [1.54, 1.807) is 20.8 Å². The maximum Gasteiger partial charge on any atom is 0.344 e. The Morgan fingerprint density at radius 1 is 0.923 bits per heavy atom. The lowest BCUT2D eigenvalue weighted by Gasteiger charge is -2.32. The van der Waals surface area contributed by atoms with Crippen molar-refractivity contribution in [2.24, 2.45) is 0 Å². The van der Waals surface area contributed by atoms with Crippen LogP contribution >= 0.6 is 7.57 Å². The van der Waals surface area contributed by atoms with Gasteiger partial charge in [-0.3, -0.25) is 0 Å². The fourth-order valence-corrected chi connectivity index (χ4v) is 5.86. The van der Waals surface area contributed by atoms with Gasteiger partial charge in [-0.2, -0.15) is 0 Å². The molecule has 0 N–H and O–H groups in total. The second-order valence-corrected chi connectivity index (χ2v) is 9.94. The van der Waals surface area contributed by atoms with Crippen LogP contribution in [0.3, 0.4) is 0 Å². The van der Waals surface area contributed by atoms with Crippen LogP contribution in [0.4, 0.5) is 0 Å². The highest BCUT2D eigenvalue weighted by Gasteiger charge is 2.58. The zero-order valence-electron chi connectivity index (χ0n) is 17.3. The molecule has 0 spiro atoms. The van der Waals surface area contributed by atoms with E-state index in [0.29, 0.717) is 0 Å². The fraction of sp³-hybridized carbons (Fsp3) is 0.824. The number of methoxy groups -OCH3 is 3. The number of carbonyl (C=O) groups is 2. The molecule has 1 rings (SSSR count). The molecule has 1 heterocycles. The van der Waals surface area contributed by atoms with Crippen LogP contribution in [0.1, 0.15) is 48.5 Å². The van der Waals surface area contributed by atoms with Crippen molar-refractivity contribution in [2.45, 2.75) is 71.4 Å². The van der Waals surface area contributed by atoms with Crippen molar-refractivity contribution in [1.82, 2.24) is 0 Å². The third-order valence-corrected chi connectivity index (χ3v) is 7.32. The molecule has 152 valence electrons. The Hall–Kier alpha value is -0.920. The van der Waals surface area contributed by atoms with Crippen molar-refractivity contribution < 1.29 is 37.4 Å². The van der Waals surface area contributed by atoms with Crippen LogP contribution in [0.25, 0.3) is 0 Å². The third kappa shape index (κ3) is 4.49. The molecule has 0 aromatic heterocycles. The van der Waals surface area contributed by atoms with E-state index in [0.717, 1.165) is 0 Å². The van der Waals surface area contributed by atoms with Gasteiger partial charge < -0.3 is 27.8 Å². The number of rotatable bonds is 5. The Balaban J connectivity index is 3.87. The first kappa shape index (κ1) is 23.1. The molecule has 26 heavy (non-hydrogen) atoms. The molecule has 0 amide bonds. The average Bonchev–Trinajstić information content (AvgIpc) is 2.65. The van der Waals surface area contributed by atoms with Gasteiger partial charge in [-0.25, -0.2) is 9.59 Å². The molecule has 9 heteroatoms. The van der Waals surface area contributed by atoms with Crippen molar-refractivity contribution in [3.8, 4) is 0 Å². The highest BCUT2D eigenvalue weighted by atomic mass is 31.2. The number of hydrogen-bond donors (Lipinski definition) is 0. The molecule has 1 aliphatic heterocycles. The molecule has 1 atom stereocenters. The highest BCUT2D eigenvalue weighted by Crippen LogP contribution is 2.68. The molecule has 0 aromatic carbocycles. The summed E-state index contributed by atoms with van der Waals surface area (Å²) < 4.78 is 33.6. The van der Waals surface area contributed by atoms with Crippen LogP contribution in [0.5, 0.6) is 0 Å². The van der Waals surface area contributed by atoms with E-state index in [1.165, 1.54) is 21.3 Å². The molecular weight excluding hydrogens is 363 g/mol. The minimum absolute atomic E-state index is 0.164. The van der Waals surface area contributed by atoms with Crippen molar-refractivity contribution in [2.75, 3.05) is 21.3 Å². The molecule has 0 aliphatic carbocycles. The number of carbonyl (C=O) groups excluding carboxylic acids is 2. The van der Waals surface area contributed by atoms with Gasteiger partial charge in [-0.15, -0.1) is 0 Å². The molecule has 1 aliphatic rings. The van der Waals surface area contributed by atoms with Gasteiger partial charge in [0.25, 0.3) is 7.57 Å². The first-order chi connectivity index (χ1) is 11.7. The van der Waals surface area contributed by atoms with E-state index in [2.05, 4.69) is 0 Å². The normalized spacial score (nSPS) is 21.8. The van der Waals surface area contributed by atoms with Gasteiger partial charge in [0.15, 0.2) is 11.4 Å². The Labute approximate surface area is 155 Å². The van der Waals surface area contributed by atoms with Gasteiger partial charge in [-0.1, -0.05) is 0 Å². The van der Waals surface area contributed by atoms with Gasteiger partial charge in [0.05, 0.1) is 19.8 Å². The Kier molecular flexibility index (Phi) is 6.76. The fourth-order valence-electron chi connectivity index (χ4n) is 2.28. The largest absolute Gasteiger partial charge is 0.467 e. The van der Waals surface area contributed by atoms with Crippen LogP contribution in [0, 0.1) is 0 Å². The summed E-state index contributed by atoms with van der Waals surface area (Å²) in [5.74, 6) is -1.59. The zero-order chi connectivity index (χ0) is 20.6. The standard InChI is InChI=1S/C17H31O8P/c1-15(2,3)23-26(24-16(4,5)17(6,7)25-26)12(14(19)22-10)11(20-8)13(18)21-9/h11H,1-10H3. The maximum absolute atomic E-state index is 12.7. The molecule has 0 bridgehead atoms. The van der Waals surface area contributed by atoms with E-state index in [1.807, 2.05) is 27.7 Å². The van der Waals surface area contributed by atoms with Crippen molar-refractivity contribution in [3.05, 3.63) is 0 Å². The maximum atomic E-state index is 12.7. The lowest BCUT2D eigenvalue weighted by molar-refractivity contribution is -0.149. The molecular formula is C17H31O8P. The van der Waals surface area contributed by atoms with Crippen LogP contribution in [0.15, 0.2) is 0 Å².